The van der Waals surface area contributed by atoms with Gasteiger partial charge in [0.15, 0.2) is 5.71 Å². The molecule has 1 aliphatic rings. The Labute approximate surface area is 117 Å². The third-order valence-corrected chi connectivity index (χ3v) is 3.43. The monoisotopic (exact) mass is 279 g/mol. The van der Waals surface area contributed by atoms with Crippen molar-refractivity contribution >= 4 is 11.7 Å². The van der Waals surface area contributed by atoms with E-state index in [0.29, 0.717) is 0 Å². The first-order valence-electron chi connectivity index (χ1n) is 6.90. The van der Waals surface area contributed by atoms with E-state index in [-0.39, 0.29) is 17.4 Å². The minimum absolute atomic E-state index is 0.0476. The molecule has 108 valence electrons. The SMILES string of the molecule is O=C(O)C(=NOC1CCCCCC1)c1ccccc1F. The first-order chi connectivity index (χ1) is 9.68. The summed E-state index contributed by atoms with van der Waals surface area (Å²) in [4.78, 5) is 16.6. The van der Waals surface area contributed by atoms with E-state index >= 15 is 0 Å². The van der Waals surface area contributed by atoms with Crippen LogP contribution in [0.25, 0.3) is 0 Å². The van der Waals surface area contributed by atoms with E-state index in [9.17, 15) is 9.18 Å². The van der Waals surface area contributed by atoms with Crippen LogP contribution in [-0.4, -0.2) is 22.9 Å². The van der Waals surface area contributed by atoms with Crippen LogP contribution in [0.2, 0.25) is 0 Å². The summed E-state index contributed by atoms with van der Waals surface area (Å²) in [5, 5.41) is 12.9. The van der Waals surface area contributed by atoms with Gasteiger partial charge in [-0.3, -0.25) is 0 Å². The Morgan fingerprint density at radius 1 is 1.20 bits per heavy atom. The molecule has 0 radical (unpaired) electrons. The minimum atomic E-state index is -1.29. The van der Waals surface area contributed by atoms with Crippen LogP contribution in [0.4, 0.5) is 4.39 Å². The number of rotatable bonds is 4. The molecule has 1 aromatic rings. The van der Waals surface area contributed by atoms with Crippen LogP contribution in [0.5, 0.6) is 0 Å². The molecule has 1 saturated carbocycles. The molecule has 1 fully saturated rings. The van der Waals surface area contributed by atoms with Crippen molar-refractivity contribution in [2.45, 2.75) is 44.6 Å². The third kappa shape index (κ3) is 3.79. The lowest BCUT2D eigenvalue weighted by Crippen LogP contribution is -2.18. The maximum absolute atomic E-state index is 13.6. The molecule has 1 aromatic carbocycles. The van der Waals surface area contributed by atoms with Gasteiger partial charge in [0, 0.05) is 5.56 Å². The van der Waals surface area contributed by atoms with Crippen molar-refractivity contribution in [1.82, 2.24) is 0 Å². The summed E-state index contributed by atoms with van der Waals surface area (Å²) in [7, 11) is 0. The van der Waals surface area contributed by atoms with Gasteiger partial charge < -0.3 is 9.94 Å². The quantitative estimate of drug-likeness (QED) is 0.522. The van der Waals surface area contributed by atoms with Gasteiger partial charge in [0.25, 0.3) is 0 Å². The van der Waals surface area contributed by atoms with E-state index in [0.717, 1.165) is 25.7 Å². The first kappa shape index (κ1) is 14.5. The fourth-order valence-electron chi connectivity index (χ4n) is 2.33. The minimum Gasteiger partial charge on any atom is -0.476 e. The molecule has 1 N–H and O–H groups in total. The van der Waals surface area contributed by atoms with Crippen molar-refractivity contribution in [3.8, 4) is 0 Å². The zero-order chi connectivity index (χ0) is 14.4. The van der Waals surface area contributed by atoms with Gasteiger partial charge in [0.1, 0.15) is 11.9 Å². The van der Waals surface area contributed by atoms with Crippen LogP contribution >= 0.6 is 0 Å². The highest BCUT2D eigenvalue weighted by Crippen LogP contribution is 2.20. The van der Waals surface area contributed by atoms with E-state index < -0.39 is 11.8 Å². The molecule has 0 bridgehead atoms. The number of carboxylic acids is 1. The number of carboxylic acid groups (broad SMARTS) is 1. The number of nitrogens with zero attached hydrogens (tertiary/aromatic N) is 1. The summed E-state index contributed by atoms with van der Waals surface area (Å²) in [5.41, 5.74) is -0.430. The molecule has 0 saturated heterocycles. The zero-order valence-corrected chi connectivity index (χ0v) is 11.2. The fourth-order valence-corrected chi connectivity index (χ4v) is 2.33. The van der Waals surface area contributed by atoms with Crippen molar-refractivity contribution in [2.24, 2.45) is 5.16 Å². The van der Waals surface area contributed by atoms with Crippen LogP contribution in [0.15, 0.2) is 29.4 Å². The molecule has 0 atom stereocenters. The molecule has 0 unspecified atom stereocenters. The van der Waals surface area contributed by atoms with Gasteiger partial charge in [-0.25, -0.2) is 9.18 Å². The number of benzene rings is 1. The predicted molar refractivity (Wildman–Crippen MR) is 73.1 cm³/mol. The van der Waals surface area contributed by atoms with E-state index in [1.807, 2.05) is 0 Å². The number of halogens is 1. The average Bonchev–Trinajstić information content (AvgIpc) is 2.69. The lowest BCUT2D eigenvalue weighted by molar-refractivity contribution is -0.129. The summed E-state index contributed by atoms with van der Waals surface area (Å²) in [6.07, 6.45) is 6.12. The van der Waals surface area contributed by atoms with Crippen molar-refractivity contribution in [3.05, 3.63) is 35.6 Å². The van der Waals surface area contributed by atoms with Gasteiger partial charge in [-0.15, -0.1) is 0 Å². The number of hydrogen-bond donors (Lipinski definition) is 1. The Balaban J connectivity index is 2.14. The molecule has 5 heteroatoms. The van der Waals surface area contributed by atoms with Crippen LogP contribution in [0.3, 0.4) is 0 Å². The molecule has 2 rings (SSSR count). The lowest BCUT2D eigenvalue weighted by atomic mass is 10.1. The molecular formula is C15H18FNO3. The molecule has 0 aromatic heterocycles. The van der Waals surface area contributed by atoms with E-state index in [1.54, 1.807) is 6.07 Å². The summed E-state index contributed by atoms with van der Waals surface area (Å²) in [6.45, 7) is 0. The maximum Gasteiger partial charge on any atom is 0.358 e. The summed E-state index contributed by atoms with van der Waals surface area (Å²) in [5.74, 6) is -1.90. The Bertz CT molecular complexity index is 494. The van der Waals surface area contributed by atoms with E-state index in [4.69, 9.17) is 9.94 Å². The first-order valence-corrected chi connectivity index (χ1v) is 6.90. The smallest absolute Gasteiger partial charge is 0.358 e. The topological polar surface area (TPSA) is 58.9 Å². The Morgan fingerprint density at radius 3 is 2.45 bits per heavy atom. The van der Waals surface area contributed by atoms with Crippen LogP contribution in [-0.2, 0) is 9.63 Å². The number of aliphatic carboxylic acids is 1. The van der Waals surface area contributed by atoms with Crippen molar-refractivity contribution in [2.75, 3.05) is 0 Å². The third-order valence-electron chi connectivity index (χ3n) is 3.43. The Morgan fingerprint density at radius 2 is 1.85 bits per heavy atom. The molecule has 0 spiro atoms. The van der Waals surface area contributed by atoms with Gasteiger partial charge in [-0.05, 0) is 37.8 Å². The highest BCUT2D eigenvalue weighted by molar-refractivity contribution is 6.42. The molecule has 1 aliphatic carbocycles. The molecule has 0 aliphatic heterocycles. The van der Waals surface area contributed by atoms with Gasteiger partial charge in [0.2, 0.25) is 0 Å². The summed E-state index contributed by atoms with van der Waals surface area (Å²) >= 11 is 0. The molecule has 0 heterocycles. The van der Waals surface area contributed by atoms with Crippen molar-refractivity contribution < 1.29 is 19.1 Å². The van der Waals surface area contributed by atoms with Gasteiger partial charge in [-0.2, -0.15) is 0 Å². The standard InChI is InChI=1S/C15H18FNO3/c16-13-10-6-5-9-12(13)14(15(18)19)17-20-11-7-3-1-2-4-8-11/h5-6,9-11H,1-4,7-8H2,(H,18,19). The van der Waals surface area contributed by atoms with Crippen LogP contribution in [0.1, 0.15) is 44.1 Å². The normalized spacial score (nSPS) is 17.6. The highest BCUT2D eigenvalue weighted by atomic mass is 19.1. The molecule has 4 nitrogen and oxygen atoms in total. The summed E-state index contributed by atoms with van der Waals surface area (Å²) in [6, 6.07) is 5.67. The number of oxime groups is 1. The summed E-state index contributed by atoms with van der Waals surface area (Å²) < 4.78 is 13.6. The largest absolute Gasteiger partial charge is 0.476 e. The second-order valence-corrected chi connectivity index (χ2v) is 4.94. The molecular weight excluding hydrogens is 261 g/mol. The Hall–Kier alpha value is -1.91. The van der Waals surface area contributed by atoms with Gasteiger partial charge in [-0.1, -0.05) is 30.1 Å². The fraction of sp³-hybridized carbons (Fsp3) is 0.467. The highest BCUT2D eigenvalue weighted by Gasteiger charge is 2.19. The lowest BCUT2D eigenvalue weighted by Gasteiger charge is -2.12. The van der Waals surface area contributed by atoms with Gasteiger partial charge >= 0.3 is 5.97 Å². The van der Waals surface area contributed by atoms with Crippen LogP contribution in [0, 0.1) is 5.82 Å². The zero-order valence-electron chi connectivity index (χ0n) is 11.2. The second kappa shape index (κ2) is 7.03. The number of hydrogen-bond acceptors (Lipinski definition) is 3. The number of carbonyl (C=O) groups is 1. The second-order valence-electron chi connectivity index (χ2n) is 4.94. The van der Waals surface area contributed by atoms with Gasteiger partial charge in [0.05, 0.1) is 0 Å². The molecule has 0 amide bonds. The van der Waals surface area contributed by atoms with Crippen molar-refractivity contribution in [3.63, 3.8) is 0 Å². The van der Waals surface area contributed by atoms with E-state index in [2.05, 4.69) is 5.16 Å². The van der Waals surface area contributed by atoms with Crippen molar-refractivity contribution in [1.29, 1.82) is 0 Å². The predicted octanol–water partition coefficient (Wildman–Crippen LogP) is 3.35. The van der Waals surface area contributed by atoms with E-state index in [1.165, 1.54) is 31.0 Å². The van der Waals surface area contributed by atoms with Crippen LogP contribution < -0.4 is 0 Å². The average molecular weight is 279 g/mol. The maximum atomic E-state index is 13.6. The molecule has 20 heavy (non-hydrogen) atoms. The Kier molecular flexibility index (Phi) is 5.09.